The first-order valence-electron chi connectivity index (χ1n) is 10.5. The zero-order chi connectivity index (χ0) is 23.5. The van der Waals surface area contributed by atoms with E-state index in [1.54, 1.807) is 54.6 Å². The van der Waals surface area contributed by atoms with Gasteiger partial charge < -0.3 is 14.8 Å². The molecule has 0 aromatic heterocycles. The molecule has 4 rings (SSSR count). The van der Waals surface area contributed by atoms with Gasteiger partial charge in [-0.15, -0.1) is 0 Å². The lowest BCUT2D eigenvalue weighted by Crippen LogP contribution is -2.32. The summed E-state index contributed by atoms with van der Waals surface area (Å²) in [5, 5.41) is 3.68. The standard InChI is InChI=1S/C26H23ClN2O4/c1-4-33-19-13-10-17(11-14-19)23-24(28-18-12-9-16(2)20(27)15-18)26(31)29(25(23)30)21-7-5-6-8-22(21)32-3/h5-15,28H,4H2,1-3H3. The normalized spacial score (nSPS) is 13.5. The molecule has 1 aliphatic heterocycles. The molecule has 0 saturated carbocycles. The maximum Gasteiger partial charge on any atom is 0.282 e. The Kier molecular flexibility index (Phi) is 6.38. The number of rotatable bonds is 7. The van der Waals surface area contributed by atoms with E-state index in [4.69, 9.17) is 21.1 Å². The van der Waals surface area contributed by atoms with E-state index in [9.17, 15) is 9.59 Å². The summed E-state index contributed by atoms with van der Waals surface area (Å²) in [6, 6.07) is 19.4. The number of nitrogens with one attached hydrogen (secondary N) is 1. The fourth-order valence-corrected chi connectivity index (χ4v) is 3.83. The second-order valence-corrected chi connectivity index (χ2v) is 7.82. The van der Waals surface area contributed by atoms with E-state index >= 15 is 0 Å². The molecule has 0 spiro atoms. The van der Waals surface area contributed by atoms with Crippen molar-refractivity contribution in [1.29, 1.82) is 0 Å². The van der Waals surface area contributed by atoms with E-state index in [0.29, 0.717) is 40.1 Å². The molecule has 0 bridgehead atoms. The van der Waals surface area contributed by atoms with Crippen molar-refractivity contribution in [2.24, 2.45) is 0 Å². The molecule has 0 unspecified atom stereocenters. The molecule has 0 atom stereocenters. The number of ether oxygens (including phenoxy) is 2. The van der Waals surface area contributed by atoms with Gasteiger partial charge in [-0.1, -0.05) is 41.9 Å². The SMILES string of the molecule is CCOc1ccc(C2=C(Nc3ccc(C)c(Cl)c3)C(=O)N(c3ccccc3OC)C2=O)cc1. The molecule has 6 nitrogen and oxygen atoms in total. The van der Waals surface area contributed by atoms with Gasteiger partial charge in [-0.05, 0) is 61.4 Å². The summed E-state index contributed by atoms with van der Waals surface area (Å²) in [6.07, 6.45) is 0. The second kappa shape index (κ2) is 9.38. The summed E-state index contributed by atoms with van der Waals surface area (Å²) in [5.74, 6) is 0.171. The van der Waals surface area contributed by atoms with Crippen molar-refractivity contribution >= 4 is 40.4 Å². The topological polar surface area (TPSA) is 67.9 Å². The Labute approximate surface area is 197 Å². The highest BCUT2D eigenvalue weighted by atomic mass is 35.5. The lowest BCUT2D eigenvalue weighted by atomic mass is 10.0. The van der Waals surface area contributed by atoms with Gasteiger partial charge in [-0.3, -0.25) is 9.59 Å². The quantitative estimate of drug-likeness (QED) is 0.473. The molecule has 0 saturated heterocycles. The number of aryl methyl sites for hydroxylation is 1. The van der Waals surface area contributed by atoms with Crippen molar-refractivity contribution < 1.29 is 19.1 Å². The van der Waals surface area contributed by atoms with Crippen LogP contribution in [-0.4, -0.2) is 25.5 Å². The van der Waals surface area contributed by atoms with Gasteiger partial charge in [0.25, 0.3) is 11.8 Å². The molecule has 1 N–H and O–H groups in total. The Morgan fingerprint density at radius 2 is 1.70 bits per heavy atom. The highest BCUT2D eigenvalue weighted by molar-refractivity contribution is 6.46. The third-order valence-electron chi connectivity index (χ3n) is 5.31. The number of methoxy groups -OCH3 is 1. The summed E-state index contributed by atoms with van der Waals surface area (Å²) in [5.41, 5.74) is 2.90. The first-order chi connectivity index (χ1) is 15.9. The number of benzene rings is 3. The van der Waals surface area contributed by atoms with Gasteiger partial charge in [-0.2, -0.15) is 0 Å². The molecule has 0 fully saturated rings. The number of nitrogens with zero attached hydrogens (tertiary/aromatic N) is 1. The summed E-state index contributed by atoms with van der Waals surface area (Å²) in [6.45, 7) is 4.32. The molecule has 0 radical (unpaired) electrons. The van der Waals surface area contributed by atoms with Crippen LogP contribution in [0.25, 0.3) is 5.57 Å². The van der Waals surface area contributed by atoms with Crippen molar-refractivity contribution in [3.63, 3.8) is 0 Å². The number of hydrogen-bond donors (Lipinski definition) is 1. The molecule has 7 heteroatoms. The summed E-state index contributed by atoms with van der Waals surface area (Å²) in [4.78, 5) is 28.3. The van der Waals surface area contributed by atoms with E-state index in [0.717, 1.165) is 10.5 Å². The van der Waals surface area contributed by atoms with Crippen LogP contribution in [0, 0.1) is 6.92 Å². The number of amides is 2. The van der Waals surface area contributed by atoms with Crippen LogP contribution >= 0.6 is 11.6 Å². The molecule has 1 heterocycles. The molecule has 33 heavy (non-hydrogen) atoms. The maximum absolute atomic E-state index is 13.6. The van der Waals surface area contributed by atoms with Crippen LogP contribution in [0.5, 0.6) is 11.5 Å². The summed E-state index contributed by atoms with van der Waals surface area (Å²) >= 11 is 6.28. The number of halogens is 1. The third kappa shape index (κ3) is 4.30. The third-order valence-corrected chi connectivity index (χ3v) is 5.71. The predicted molar refractivity (Wildman–Crippen MR) is 130 cm³/mol. The molecule has 3 aromatic carbocycles. The van der Waals surface area contributed by atoms with Gasteiger partial charge in [0.05, 0.1) is 25.0 Å². The van der Waals surface area contributed by atoms with Crippen LogP contribution in [0.1, 0.15) is 18.1 Å². The largest absolute Gasteiger partial charge is 0.495 e. The molecule has 0 aliphatic carbocycles. The van der Waals surface area contributed by atoms with Crippen LogP contribution in [0.3, 0.4) is 0 Å². The molecule has 168 valence electrons. The van der Waals surface area contributed by atoms with Crippen LogP contribution in [0.15, 0.2) is 72.4 Å². The first-order valence-corrected chi connectivity index (χ1v) is 10.8. The highest BCUT2D eigenvalue weighted by Gasteiger charge is 2.41. The minimum absolute atomic E-state index is 0.162. The fourth-order valence-electron chi connectivity index (χ4n) is 3.65. The molecule has 3 aromatic rings. The van der Waals surface area contributed by atoms with Crippen LogP contribution in [-0.2, 0) is 9.59 Å². The Bertz CT molecular complexity index is 1250. The summed E-state index contributed by atoms with van der Waals surface area (Å²) in [7, 11) is 1.50. The van der Waals surface area contributed by atoms with Crippen molar-refractivity contribution in [2.75, 3.05) is 23.9 Å². The van der Waals surface area contributed by atoms with Crippen molar-refractivity contribution in [2.45, 2.75) is 13.8 Å². The Hall–Kier alpha value is -3.77. The molecule has 2 amide bonds. The second-order valence-electron chi connectivity index (χ2n) is 7.41. The average Bonchev–Trinajstić information content (AvgIpc) is 3.06. The smallest absolute Gasteiger partial charge is 0.282 e. The zero-order valence-electron chi connectivity index (χ0n) is 18.5. The minimum Gasteiger partial charge on any atom is -0.495 e. The van der Waals surface area contributed by atoms with Crippen LogP contribution < -0.4 is 19.7 Å². The lowest BCUT2D eigenvalue weighted by molar-refractivity contribution is -0.120. The van der Waals surface area contributed by atoms with E-state index in [1.807, 2.05) is 26.0 Å². The van der Waals surface area contributed by atoms with E-state index in [-0.39, 0.29) is 11.3 Å². The lowest BCUT2D eigenvalue weighted by Gasteiger charge is -2.18. The highest BCUT2D eigenvalue weighted by Crippen LogP contribution is 2.38. The molecule has 1 aliphatic rings. The Morgan fingerprint density at radius 3 is 2.36 bits per heavy atom. The van der Waals surface area contributed by atoms with E-state index in [1.165, 1.54) is 7.11 Å². The fraction of sp³-hybridized carbons (Fsp3) is 0.154. The van der Waals surface area contributed by atoms with E-state index < -0.39 is 11.8 Å². The van der Waals surface area contributed by atoms with E-state index in [2.05, 4.69) is 5.32 Å². The van der Waals surface area contributed by atoms with Gasteiger partial charge >= 0.3 is 0 Å². The predicted octanol–water partition coefficient (Wildman–Crippen LogP) is 5.45. The van der Waals surface area contributed by atoms with Crippen molar-refractivity contribution in [1.82, 2.24) is 0 Å². The number of hydrogen-bond acceptors (Lipinski definition) is 5. The van der Waals surface area contributed by atoms with Gasteiger partial charge in [0, 0.05) is 10.7 Å². The zero-order valence-corrected chi connectivity index (χ0v) is 19.3. The van der Waals surface area contributed by atoms with Gasteiger partial charge in [0.2, 0.25) is 0 Å². The van der Waals surface area contributed by atoms with Gasteiger partial charge in [-0.25, -0.2) is 4.90 Å². The number of anilines is 2. The van der Waals surface area contributed by atoms with Crippen LogP contribution in [0.2, 0.25) is 5.02 Å². The van der Waals surface area contributed by atoms with Crippen molar-refractivity contribution in [3.05, 3.63) is 88.6 Å². The Morgan fingerprint density at radius 1 is 0.970 bits per heavy atom. The van der Waals surface area contributed by atoms with Crippen molar-refractivity contribution in [3.8, 4) is 11.5 Å². The van der Waals surface area contributed by atoms with Gasteiger partial charge in [0.15, 0.2) is 0 Å². The monoisotopic (exact) mass is 462 g/mol. The van der Waals surface area contributed by atoms with Crippen LogP contribution in [0.4, 0.5) is 11.4 Å². The molecular weight excluding hydrogens is 440 g/mol. The number of para-hydroxylation sites is 2. The average molecular weight is 463 g/mol. The maximum atomic E-state index is 13.6. The first kappa shape index (κ1) is 22.4. The van der Waals surface area contributed by atoms with Gasteiger partial charge in [0.1, 0.15) is 17.2 Å². The minimum atomic E-state index is -0.481. The summed E-state index contributed by atoms with van der Waals surface area (Å²) < 4.78 is 10.9. The number of carbonyl (C=O) groups excluding carboxylic acids is 2. The number of imide groups is 1. The Balaban J connectivity index is 1.82. The molecular formula is C26H23ClN2O4. The number of carbonyl (C=O) groups is 2.